The zero-order valence-electron chi connectivity index (χ0n) is 17.6. The van der Waals surface area contributed by atoms with Crippen molar-refractivity contribution in [1.82, 2.24) is 24.5 Å². The molecule has 3 heterocycles. The largest absolute Gasteiger partial charge is 0.360 e. The molecule has 2 N–H and O–H groups in total. The van der Waals surface area contributed by atoms with Gasteiger partial charge in [-0.05, 0) is 36.1 Å². The maximum atomic E-state index is 14.2. The van der Waals surface area contributed by atoms with Crippen LogP contribution in [-0.4, -0.2) is 24.5 Å². The summed E-state index contributed by atoms with van der Waals surface area (Å²) in [6.07, 6.45) is 3.32. The molecule has 0 bridgehead atoms. The van der Waals surface area contributed by atoms with Crippen molar-refractivity contribution in [2.75, 3.05) is 5.32 Å². The minimum absolute atomic E-state index is 0.0639. The van der Waals surface area contributed by atoms with Gasteiger partial charge in [-0.2, -0.15) is 0 Å². The van der Waals surface area contributed by atoms with Gasteiger partial charge in [0.2, 0.25) is 0 Å². The highest BCUT2D eigenvalue weighted by molar-refractivity contribution is 6.35. The van der Waals surface area contributed by atoms with E-state index in [2.05, 4.69) is 25.3 Å². The van der Waals surface area contributed by atoms with Crippen LogP contribution in [-0.2, 0) is 0 Å². The zero-order valence-corrected chi connectivity index (χ0v) is 18.4. The summed E-state index contributed by atoms with van der Waals surface area (Å²) < 4.78 is 43.2. The maximum Gasteiger partial charge on any atom is 0.264 e. The molecular formula is C23H16ClF3N6O. The number of H-pyrrole nitrogens is 1. The van der Waals surface area contributed by atoms with Crippen LogP contribution in [0.1, 0.15) is 25.1 Å². The number of aromatic amines is 1. The molecule has 0 radical (unpaired) electrons. The molecular weight excluding hydrogens is 469 g/mol. The van der Waals surface area contributed by atoms with E-state index in [0.717, 1.165) is 12.1 Å². The summed E-state index contributed by atoms with van der Waals surface area (Å²) >= 11 is 6.13. The van der Waals surface area contributed by atoms with Crippen molar-refractivity contribution in [2.45, 2.75) is 19.4 Å². The quantitative estimate of drug-likeness (QED) is 0.354. The molecule has 0 fully saturated rings. The molecule has 2 aromatic carbocycles. The normalized spacial score (nSPS) is 12.4. The molecule has 1 atom stereocenters. The van der Waals surface area contributed by atoms with Crippen molar-refractivity contribution in [2.24, 2.45) is 0 Å². The fourth-order valence-corrected chi connectivity index (χ4v) is 4.18. The van der Waals surface area contributed by atoms with Gasteiger partial charge in [0.15, 0.2) is 23.1 Å². The Labute approximate surface area is 195 Å². The third kappa shape index (κ3) is 3.56. The minimum atomic E-state index is -1.13. The van der Waals surface area contributed by atoms with Gasteiger partial charge >= 0.3 is 0 Å². The van der Waals surface area contributed by atoms with Crippen LogP contribution >= 0.6 is 11.6 Å². The number of halogens is 4. The lowest BCUT2D eigenvalue weighted by Crippen LogP contribution is -2.27. The van der Waals surface area contributed by atoms with Crippen LogP contribution in [0.5, 0.6) is 0 Å². The molecule has 7 nitrogen and oxygen atoms in total. The molecule has 11 heteroatoms. The highest BCUT2D eigenvalue weighted by Crippen LogP contribution is 2.31. The molecule has 0 amide bonds. The lowest BCUT2D eigenvalue weighted by atomic mass is 10.0. The number of imidazole rings is 1. The Balaban J connectivity index is 1.77. The Hall–Kier alpha value is -3.92. The third-order valence-corrected chi connectivity index (χ3v) is 5.93. The molecule has 34 heavy (non-hydrogen) atoms. The SMILES string of the molecule is CC[C@H](Nc1ncnc2[nH]cnc12)c1cc2ccc(F)c(Cl)c2c(=O)n1-c1ccc(F)c(F)c1. The van der Waals surface area contributed by atoms with Crippen molar-refractivity contribution < 1.29 is 13.2 Å². The van der Waals surface area contributed by atoms with Gasteiger partial charge in [0.25, 0.3) is 5.56 Å². The van der Waals surface area contributed by atoms with E-state index in [1.807, 2.05) is 6.92 Å². The lowest BCUT2D eigenvalue weighted by Gasteiger charge is -2.23. The smallest absolute Gasteiger partial charge is 0.264 e. The van der Waals surface area contributed by atoms with Gasteiger partial charge in [-0.1, -0.05) is 24.6 Å². The van der Waals surface area contributed by atoms with Crippen LogP contribution in [0.15, 0.2) is 53.8 Å². The summed E-state index contributed by atoms with van der Waals surface area (Å²) in [5.74, 6) is -2.53. The summed E-state index contributed by atoms with van der Waals surface area (Å²) in [5, 5.41) is 3.25. The van der Waals surface area contributed by atoms with E-state index < -0.39 is 29.1 Å². The molecule has 0 saturated heterocycles. The summed E-state index contributed by atoms with van der Waals surface area (Å²) in [6.45, 7) is 1.88. The van der Waals surface area contributed by atoms with Crippen LogP contribution in [0.3, 0.4) is 0 Å². The number of hydrogen-bond donors (Lipinski definition) is 2. The van der Waals surface area contributed by atoms with Crippen molar-refractivity contribution in [3.05, 3.63) is 87.6 Å². The van der Waals surface area contributed by atoms with Gasteiger partial charge in [-0.15, -0.1) is 0 Å². The first-order valence-corrected chi connectivity index (χ1v) is 10.7. The molecule has 0 spiro atoms. The third-order valence-electron chi connectivity index (χ3n) is 5.56. The van der Waals surface area contributed by atoms with Crippen LogP contribution in [0.4, 0.5) is 19.0 Å². The second-order valence-corrected chi connectivity index (χ2v) is 7.94. The fraction of sp³-hybridized carbons (Fsp3) is 0.130. The van der Waals surface area contributed by atoms with Gasteiger partial charge in [0.1, 0.15) is 17.7 Å². The summed E-state index contributed by atoms with van der Waals surface area (Å²) in [4.78, 5) is 29.1. The van der Waals surface area contributed by atoms with Crippen molar-refractivity contribution in [1.29, 1.82) is 0 Å². The number of nitrogens with zero attached hydrogens (tertiary/aromatic N) is 4. The van der Waals surface area contributed by atoms with E-state index in [4.69, 9.17) is 11.6 Å². The number of nitrogens with one attached hydrogen (secondary N) is 2. The van der Waals surface area contributed by atoms with Crippen molar-refractivity contribution in [3.8, 4) is 5.69 Å². The molecule has 0 unspecified atom stereocenters. The first-order valence-electron chi connectivity index (χ1n) is 10.3. The van der Waals surface area contributed by atoms with E-state index in [-0.39, 0.29) is 16.1 Å². The van der Waals surface area contributed by atoms with E-state index in [1.54, 1.807) is 6.07 Å². The van der Waals surface area contributed by atoms with Gasteiger partial charge in [0, 0.05) is 11.8 Å². The van der Waals surface area contributed by atoms with Crippen molar-refractivity contribution >= 4 is 39.4 Å². The predicted octanol–water partition coefficient (Wildman–Crippen LogP) is 5.29. The molecule has 172 valence electrons. The monoisotopic (exact) mass is 484 g/mol. The van der Waals surface area contributed by atoms with E-state index >= 15 is 0 Å². The molecule has 0 aliphatic heterocycles. The summed E-state index contributed by atoms with van der Waals surface area (Å²) in [5.41, 5.74) is 0.820. The molecule has 0 saturated carbocycles. The zero-order chi connectivity index (χ0) is 24.0. The number of hydrogen-bond acceptors (Lipinski definition) is 5. The topological polar surface area (TPSA) is 88.5 Å². The van der Waals surface area contributed by atoms with E-state index in [0.29, 0.717) is 34.5 Å². The van der Waals surface area contributed by atoms with Gasteiger partial charge < -0.3 is 10.3 Å². The van der Waals surface area contributed by atoms with E-state index in [9.17, 15) is 18.0 Å². The van der Waals surface area contributed by atoms with Gasteiger partial charge in [0.05, 0.1) is 28.5 Å². The standard InChI is InChI=1S/C23H16ClF3N6O/c1-2-16(32-22-20-21(29-9-28-20)30-10-31-22)17-7-11-3-5-14(26)19(24)18(11)23(34)33(17)12-4-6-13(25)15(27)8-12/h3-10,16H,2H2,1H3,(H2,28,29,30,31,32)/t16-/m0/s1. The molecule has 5 aromatic rings. The first kappa shape index (κ1) is 21.9. The Kier molecular flexibility index (Phi) is 5.45. The van der Waals surface area contributed by atoms with Crippen molar-refractivity contribution in [3.63, 3.8) is 0 Å². The van der Waals surface area contributed by atoms with Gasteiger partial charge in [-0.25, -0.2) is 28.1 Å². The molecule has 0 aliphatic carbocycles. The number of fused-ring (bicyclic) bond motifs is 2. The lowest BCUT2D eigenvalue weighted by molar-refractivity contribution is 0.507. The molecule has 0 aliphatic rings. The van der Waals surface area contributed by atoms with Crippen LogP contribution in [0.25, 0.3) is 27.6 Å². The second-order valence-electron chi connectivity index (χ2n) is 7.56. The fourth-order valence-electron chi connectivity index (χ4n) is 3.92. The number of aromatic nitrogens is 5. The Morgan fingerprint density at radius 3 is 2.62 bits per heavy atom. The van der Waals surface area contributed by atoms with Crippen LogP contribution in [0, 0.1) is 17.5 Å². The second kappa shape index (κ2) is 8.45. The number of benzene rings is 2. The predicted molar refractivity (Wildman–Crippen MR) is 123 cm³/mol. The highest BCUT2D eigenvalue weighted by atomic mass is 35.5. The number of rotatable bonds is 5. The Morgan fingerprint density at radius 2 is 1.85 bits per heavy atom. The van der Waals surface area contributed by atoms with Crippen LogP contribution < -0.4 is 10.9 Å². The average Bonchev–Trinajstić information content (AvgIpc) is 3.31. The average molecular weight is 485 g/mol. The van der Waals surface area contributed by atoms with Gasteiger partial charge in [-0.3, -0.25) is 9.36 Å². The Bertz CT molecular complexity index is 1620. The van der Waals surface area contributed by atoms with Crippen LogP contribution in [0.2, 0.25) is 5.02 Å². The maximum absolute atomic E-state index is 14.2. The van der Waals surface area contributed by atoms with E-state index in [1.165, 1.54) is 35.4 Å². The molecule has 5 rings (SSSR count). The summed E-state index contributed by atoms with van der Waals surface area (Å²) in [7, 11) is 0. The number of pyridine rings is 1. The highest BCUT2D eigenvalue weighted by Gasteiger charge is 2.22. The Morgan fingerprint density at radius 1 is 1.06 bits per heavy atom. The minimum Gasteiger partial charge on any atom is -0.360 e. The first-order chi connectivity index (χ1) is 16.4. The number of anilines is 1. The molecule has 3 aromatic heterocycles. The summed E-state index contributed by atoms with van der Waals surface area (Å²) in [6, 6.07) is 6.85.